The van der Waals surface area contributed by atoms with Crippen molar-refractivity contribution in [3.8, 4) is 0 Å². The van der Waals surface area contributed by atoms with Crippen molar-refractivity contribution in [2.24, 2.45) is 0 Å². The highest BCUT2D eigenvalue weighted by Crippen LogP contribution is 2.31. The second kappa shape index (κ2) is 8.39. The van der Waals surface area contributed by atoms with Crippen LogP contribution in [0, 0.1) is 0 Å². The molecule has 24 heavy (non-hydrogen) atoms. The Morgan fingerprint density at radius 3 is 2.54 bits per heavy atom. The summed E-state index contributed by atoms with van der Waals surface area (Å²) in [6.07, 6.45) is 3.55. The van der Waals surface area contributed by atoms with E-state index < -0.39 is 6.09 Å². The number of para-hydroxylation sites is 1. The van der Waals surface area contributed by atoms with Gasteiger partial charge in [0.2, 0.25) is 0 Å². The summed E-state index contributed by atoms with van der Waals surface area (Å²) < 4.78 is 11.1. The summed E-state index contributed by atoms with van der Waals surface area (Å²) in [5, 5.41) is 3.47. The first-order valence-electron chi connectivity index (χ1n) is 8.38. The Hall–Kier alpha value is -1.01. The fraction of sp³-hybridized carbons (Fsp3) is 0.588. The lowest BCUT2D eigenvalue weighted by Gasteiger charge is -2.40. The molecule has 1 N–H and O–H groups in total. The number of amides is 1. The zero-order chi connectivity index (χ0) is 16.9. The molecule has 1 aromatic carbocycles. The number of carbonyl (C=O) groups is 1. The Morgan fingerprint density at radius 1 is 1.17 bits per heavy atom. The van der Waals surface area contributed by atoms with Crippen LogP contribution in [0.3, 0.4) is 0 Å². The van der Waals surface area contributed by atoms with Gasteiger partial charge in [0, 0.05) is 19.1 Å². The van der Waals surface area contributed by atoms with Gasteiger partial charge in [0.25, 0.3) is 0 Å². The van der Waals surface area contributed by atoms with Crippen molar-refractivity contribution in [3.05, 3.63) is 28.2 Å². The Morgan fingerprint density at radius 2 is 1.83 bits per heavy atom. The van der Waals surface area contributed by atoms with Gasteiger partial charge in [-0.3, -0.25) is 10.2 Å². The predicted molar refractivity (Wildman–Crippen MR) is 95.0 cm³/mol. The smallest absolute Gasteiger partial charge is 0.412 e. The first kappa shape index (κ1) is 17.8. The minimum atomic E-state index is -0.504. The second-order valence-corrected chi connectivity index (χ2v) is 6.98. The maximum atomic E-state index is 12.3. The summed E-state index contributed by atoms with van der Waals surface area (Å²) in [5.41, 5.74) is 0.393. The number of nitrogens with one attached hydrogen (secondary N) is 1. The molecule has 1 saturated heterocycles. The summed E-state index contributed by atoms with van der Waals surface area (Å²) in [6.45, 7) is 3.26. The topological polar surface area (TPSA) is 50.8 Å². The van der Waals surface area contributed by atoms with Crippen molar-refractivity contribution < 1.29 is 14.3 Å². The molecule has 2 fully saturated rings. The van der Waals surface area contributed by atoms with E-state index in [0.29, 0.717) is 15.7 Å². The Balaban J connectivity index is 1.63. The van der Waals surface area contributed by atoms with E-state index in [0.717, 1.165) is 45.6 Å². The molecular formula is C17H22Cl2N2O3. The molecule has 1 amide bonds. The van der Waals surface area contributed by atoms with Crippen LogP contribution < -0.4 is 5.32 Å². The van der Waals surface area contributed by atoms with E-state index in [-0.39, 0.29) is 12.1 Å². The van der Waals surface area contributed by atoms with Gasteiger partial charge in [-0.1, -0.05) is 35.7 Å². The number of rotatable bonds is 3. The molecule has 2 unspecified atom stereocenters. The zero-order valence-corrected chi connectivity index (χ0v) is 15.0. The first-order valence-corrected chi connectivity index (χ1v) is 9.14. The van der Waals surface area contributed by atoms with E-state index in [9.17, 15) is 4.79 Å². The third kappa shape index (κ3) is 4.33. The van der Waals surface area contributed by atoms with Crippen LogP contribution in [0.5, 0.6) is 0 Å². The van der Waals surface area contributed by atoms with Crippen LogP contribution in [0.25, 0.3) is 0 Å². The molecule has 5 nitrogen and oxygen atoms in total. The van der Waals surface area contributed by atoms with Gasteiger partial charge in [-0.2, -0.15) is 0 Å². The molecule has 3 rings (SSSR count). The number of carbonyl (C=O) groups excluding carboxylic acids is 1. The van der Waals surface area contributed by atoms with Gasteiger partial charge in [-0.25, -0.2) is 4.79 Å². The quantitative estimate of drug-likeness (QED) is 0.864. The number of benzene rings is 1. The van der Waals surface area contributed by atoms with E-state index in [1.165, 1.54) is 6.42 Å². The fourth-order valence-electron chi connectivity index (χ4n) is 3.43. The maximum Gasteiger partial charge on any atom is 0.412 e. The third-order valence-electron chi connectivity index (χ3n) is 4.63. The summed E-state index contributed by atoms with van der Waals surface area (Å²) in [4.78, 5) is 14.7. The predicted octanol–water partition coefficient (Wildman–Crippen LogP) is 4.19. The lowest BCUT2D eigenvalue weighted by molar-refractivity contribution is -0.0386. The molecular weight excluding hydrogens is 351 g/mol. The monoisotopic (exact) mass is 372 g/mol. The van der Waals surface area contributed by atoms with Crippen molar-refractivity contribution in [3.63, 3.8) is 0 Å². The first-order chi connectivity index (χ1) is 11.6. The van der Waals surface area contributed by atoms with Crippen molar-refractivity contribution in [1.82, 2.24) is 4.90 Å². The number of nitrogens with zero attached hydrogens (tertiary/aromatic N) is 1. The van der Waals surface area contributed by atoms with Gasteiger partial charge in [-0.05, 0) is 31.4 Å². The van der Waals surface area contributed by atoms with Crippen LogP contribution in [-0.4, -0.2) is 49.4 Å². The normalized spacial score (nSPS) is 25.2. The van der Waals surface area contributed by atoms with Gasteiger partial charge >= 0.3 is 6.09 Å². The summed E-state index contributed by atoms with van der Waals surface area (Å²) in [7, 11) is 0. The summed E-state index contributed by atoms with van der Waals surface area (Å²) in [6, 6.07) is 5.35. The summed E-state index contributed by atoms with van der Waals surface area (Å²) >= 11 is 12.2. The third-order valence-corrected chi connectivity index (χ3v) is 5.26. The van der Waals surface area contributed by atoms with E-state index >= 15 is 0 Å². The molecule has 2 atom stereocenters. The lowest BCUT2D eigenvalue weighted by atomic mass is 9.91. The second-order valence-electron chi connectivity index (χ2n) is 6.17. The van der Waals surface area contributed by atoms with Gasteiger partial charge in [-0.15, -0.1) is 0 Å². The molecule has 0 spiro atoms. The van der Waals surface area contributed by atoms with Crippen LogP contribution in [-0.2, 0) is 9.47 Å². The number of morpholine rings is 1. The average Bonchev–Trinajstić information content (AvgIpc) is 2.60. The molecule has 7 heteroatoms. The largest absolute Gasteiger partial charge is 0.444 e. The highest BCUT2D eigenvalue weighted by Gasteiger charge is 2.33. The van der Waals surface area contributed by atoms with E-state index in [1.54, 1.807) is 18.2 Å². The SMILES string of the molecule is O=C(Nc1c(Cl)cccc1Cl)OC1CCCCC1N1CCOCC1. The molecule has 1 heterocycles. The number of hydrogen-bond donors (Lipinski definition) is 1. The zero-order valence-electron chi connectivity index (χ0n) is 13.5. The molecule has 0 radical (unpaired) electrons. The molecule has 0 aromatic heterocycles. The molecule has 1 aromatic rings. The number of anilines is 1. The van der Waals surface area contributed by atoms with Gasteiger partial charge in [0.1, 0.15) is 6.10 Å². The Bertz CT molecular complexity index is 559. The van der Waals surface area contributed by atoms with Crippen LogP contribution in [0.15, 0.2) is 18.2 Å². The summed E-state index contributed by atoms with van der Waals surface area (Å²) in [5.74, 6) is 0. The minimum absolute atomic E-state index is 0.113. The standard InChI is InChI=1S/C17H22Cl2N2O3/c18-12-4-3-5-13(19)16(12)20-17(22)24-15-7-2-1-6-14(15)21-8-10-23-11-9-21/h3-5,14-15H,1-2,6-11H2,(H,20,22). The minimum Gasteiger partial charge on any atom is -0.444 e. The van der Waals surface area contributed by atoms with E-state index in [4.69, 9.17) is 32.7 Å². The van der Waals surface area contributed by atoms with E-state index in [2.05, 4.69) is 10.2 Å². The molecule has 1 aliphatic heterocycles. The fourth-order valence-corrected chi connectivity index (χ4v) is 3.92. The molecule has 132 valence electrons. The van der Waals surface area contributed by atoms with Crippen LogP contribution >= 0.6 is 23.2 Å². The van der Waals surface area contributed by atoms with Gasteiger partial charge in [0.15, 0.2) is 0 Å². The average molecular weight is 373 g/mol. The van der Waals surface area contributed by atoms with Crippen molar-refractivity contribution in [1.29, 1.82) is 0 Å². The lowest BCUT2D eigenvalue weighted by Crippen LogP contribution is -2.51. The Labute approximate surface area is 152 Å². The van der Waals surface area contributed by atoms with Crippen molar-refractivity contribution in [2.45, 2.75) is 37.8 Å². The maximum absolute atomic E-state index is 12.3. The highest BCUT2D eigenvalue weighted by molar-refractivity contribution is 6.39. The number of halogens is 2. The van der Waals surface area contributed by atoms with Crippen LogP contribution in [0.4, 0.5) is 10.5 Å². The van der Waals surface area contributed by atoms with Crippen LogP contribution in [0.1, 0.15) is 25.7 Å². The Kier molecular flexibility index (Phi) is 6.22. The molecule has 0 bridgehead atoms. The van der Waals surface area contributed by atoms with Crippen molar-refractivity contribution in [2.75, 3.05) is 31.6 Å². The highest BCUT2D eigenvalue weighted by atomic mass is 35.5. The molecule has 1 aliphatic carbocycles. The molecule has 2 aliphatic rings. The number of hydrogen-bond acceptors (Lipinski definition) is 4. The molecule has 1 saturated carbocycles. The van der Waals surface area contributed by atoms with Gasteiger partial charge in [0.05, 0.1) is 28.9 Å². The van der Waals surface area contributed by atoms with Crippen molar-refractivity contribution >= 4 is 35.0 Å². The van der Waals surface area contributed by atoms with E-state index in [1.807, 2.05) is 0 Å². The van der Waals surface area contributed by atoms with Gasteiger partial charge < -0.3 is 9.47 Å². The number of ether oxygens (including phenoxy) is 2. The van der Waals surface area contributed by atoms with Crippen LogP contribution in [0.2, 0.25) is 10.0 Å².